The van der Waals surface area contributed by atoms with Crippen LogP contribution < -0.4 is 10.6 Å². The van der Waals surface area contributed by atoms with Crippen molar-refractivity contribution in [1.29, 1.82) is 0 Å². The molecule has 19 heavy (non-hydrogen) atoms. The number of benzene rings is 1. The lowest BCUT2D eigenvalue weighted by molar-refractivity contribution is -0.116. The minimum Gasteiger partial charge on any atom is -0.326 e. The fourth-order valence-electron chi connectivity index (χ4n) is 2.01. The van der Waals surface area contributed by atoms with E-state index in [1.807, 2.05) is 18.2 Å². The van der Waals surface area contributed by atoms with E-state index in [1.54, 1.807) is 0 Å². The van der Waals surface area contributed by atoms with E-state index in [0.717, 1.165) is 37.1 Å². The Morgan fingerprint density at radius 1 is 1.21 bits per heavy atom. The second kappa shape index (κ2) is 8.70. The standard InChI is InChI=1S/C16H26N2O/c1-4-6-11-16(19)18-15-10-8-7-9-14(15)13(3)17-12-5-2/h7-10,13,17H,4-6,11-12H2,1-3H3,(H,18,19). The fraction of sp³-hybridized carbons (Fsp3) is 0.562. The number of rotatable bonds is 8. The number of hydrogen-bond acceptors (Lipinski definition) is 2. The summed E-state index contributed by atoms with van der Waals surface area (Å²) in [5.41, 5.74) is 2.08. The highest BCUT2D eigenvalue weighted by Crippen LogP contribution is 2.22. The predicted octanol–water partition coefficient (Wildman–Crippen LogP) is 3.88. The van der Waals surface area contributed by atoms with Gasteiger partial charge >= 0.3 is 0 Å². The molecule has 3 heteroatoms. The van der Waals surface area contributed by atoms with E-state index in [9.17, 15) is 4.79 Å². The van der Waals surface area contributed by atoms with Crippen molar-refractivity contribution in [3.63, 3.8) is 0 Å². The summed E-state index contributed by atoms with van der Waals surface area (Å²) in [6, 6.07) is 8.28. The molecule has 1 aromatic rings. The number of nitrogens with one attached hydrogen (secondary N) is 2. The van der Waals surface area contributed by atoms with Crippen molar-refractivity contribution < 1.29 is 4.79 Å². The van der Waals surface area contributed by atoms with Crippen LogP contribution >= 0.6 is 0 Å². The molecule has 0 aliphatic heterocycles. The molecule has 0 saturated carbocycles. The summed E-state index contributed by atoms with van der Waals surface area (Å²) < 4.78 is 0. The van der Waals surface area contributed by atoms with Gasteiger partial charge in [0.15, 0.2) is 0 Å². The fourth-order valence-corrected chi connectivity index (χ4v) is 2.01. The third-order valence-electron chi connectivity index (χ3n) is 3.16. The molecule has 0 heterocycles. The Hall–Kier alpha value is -1.35. The zero-order valence-corrected chi connectivity index (χ0v) is 12.3. The molecule has 0 fully saturated rings. The van der Waals surface area contributed by atoms with Crippen molar-refractivity contribution in [2.75, 3.05) is 11.9 Å². The van der Waals surface area contributed by atoms with Gasteiger partial charge in [0.1, 0.15) is 0 Å². The van der Waals surface area contributed by atoms with Gasteiger partial charge in [-0.1, -0.05) is 38.5 Å². The topological polar surface area (TPSA) is 41.1 Å². The average molecular weight is 262 g/mol. The van der Waals surface area contributed by atoms with E-state index in [1.165, 1.54) is 0 Å². The number of unbranched alkanes of at least 4 members (excludes halogenated alkanes) is 1. The highest BCUT2D eigenvalue weighted by atomic mass is 16.1. The van der Waals surface area contributed by atoms with Gasteiger partial charge in [0, 0.05) is 18.2 Å². The van der Waals surface area contributed by atoms with Crippen LogP contribution in [0, 0.1) is 0 Å². The molecule has 2 N–H and O–H groups in total. The second-order valence-electron chi connectivity index (χ2n) is 4.91. The predicted molar refractivity (Wildman–Crippen MR) is 81.3 cm³/mol. The number of carbonyl (C=O) groups excluding carboxylic acids is 1. The number of hydrogen-bond donors (Lipinski definition) is 2. The zero-order chi connectivity index (χ0) is 14.1. The molecule has 1 atom stereocenters. The molecule has 106 valence electrons. The van der Waals surface area contributed by atoms with Crippen LogP contribution in [0.2, 0.25) is 0 Å². The van der Waals surface area contributed by atoms with E-state index in [4.69, 9.17) is 0 Å². The van der Waals surface area contributed by atoms with Crippen molar-refractivity contribution in [3.8, 4) is 0 Å². The molecule has 0 spiro atoms. The lowest BCUT2D eigenvalue weighted by atomic mass is 10.1. The SMILES string of the molecule is CCCCC(=O)Nc1ccccc1C(C)NCCC. The summed E-state index contributed by atoms with van der Waals surface area (Å²) in [6.45, 7) is 7.36. The maximum Gasteiger partial charge on any atom is 0.224 e. The number of para-hydroxylation sites is 1. The molecule has 1 amide bonds. The van der Waals surface area contributed by atoms with E-state index >= 15 is 0 Å². The molecule has 0 saturated heterocycles. The van der Waals surface area contributed by atoms with Gasteiger partial charge in [-0.2, -0.15) is 0 Å². The smallest absolute Gasteiger partial charge is 0.224 e. The maximum atomic E-state index is 11.8. The van der Waals surface area contributed by atoms with Gasteiger partial charge in [0.25, 0.3) is 0 Å². The minimum atomic E-state index is 0.108. The number of carbonyl (C=O) groups is 1. The summed E-state index contributed by atoms with van der Waals surface area (Å²) >= 11 is 0. The van der Waals surface area contributed by atoms with Crippen molar-refractivity contribution in [3.05, 3.63) is 29.8 Å². The molecular weight excluding hydrogens is 236 g/mol. The average Bonchev–Trinajstić information content (AvgIpc) is 2.43. The van der Waals surface area contributed by atoms with Gasteiger partial charge in [-0.15, -0.1) is 0 Å². The van der Waals surface area contributed by atoms with Gasteiger partial charge < -0.3 is 10.6 Å². The quantitative estimate of drug-likeness (QED) is 0.746. The molecule has 0 aliphatic rings. The van der Waals surface area contributed by atoms with E-state index in [0.29, 0.717) is 6.42 Å². The van der Waals surface area contributed by atoms with Crippen molar-refractivity contribution >= 4 is 11.6 Å². The van der Waals surface area contributed by atoms with Gasteiger partial charge in [-0.25, -0.2) is 0 Å². The molecule has 0 radical (unpaired) electrons. The molecule has 0 aromatic heterocycles. The number of anilines is 1. The molecule has 1 aromatic carbocycles. The van der Waals surface area contributed by atoms with Gasteiger partial charge in [-0.05, 0) is 37.9 Å². The summed E-state index contributed by atoms with van der Waals surface area (Å²) in [5.74, 6) is 0.108. The first-order valence-corrected chi connectivity index (χ1v) is 7.31. The largest absolute Gasteiger partial charge is 0.326 e. The molecule has 0 aliphatic carbocycles. The molecule has 1 unspecified atom stereocenters. The normalized spacial score (nSPS) is 12.2. The molecule has 0 bridgehead atoms. The first-order chi connectivity index (χ1) is 9.19. The Morgan fingerprint density at radius 3 is 2.63 bits per heavy atom. The lowest BCUT2D eigenvalue weighted by Gasteiger charge is -2.18. The monoisotopic (exact) mass is 262 g/mol. The van der Waals surface area contributed by atoms with Crippen LogP contribution in [0.1, 0.15) is 58.1 Å². The molecule has 1 rings (SSSR count). The van der Waals surface area contributed by atoms with E-state index in [-0.39, 0.29) is 11.9 Å². The Kier molecular flexibility index (Phi) is 7.19. The van der Waals surface area contributed by atoms with Gasteiger partial charge in [0.05, 0.1) is 0 Å². The number of amides is 1. The Morgan fingerprint density at radius 2 is 1.95 bits per heavy atom. The summed E-state index contributed by atoms with van der Waals surface area (Å²) in [7, 11) is 0. The van der Waals surface area contributed by atoms with E-state index in [2.05, 4.69) is 37.5 Å². The highest BCUT2D eigenvalue weighted by molar-refractivity contribution is 5.91. The van der Waals surface area contributed by atoms with Gasteiger partial charge in [-0.3, -0.25) is 4.79 Å². The summed E-state index contributed by atoms with van der Waals surface area (Å²) in [6.07, 6.45) is 3.69. The zero-order valence-electron chi connectivity index (χ0n) is 12.3. The Labute approximate surface area is 116 Å². The summed E-state index contributed by atoms with van der Waals surface area (Å²) in [5, 5.41) is 6.48. The minimum absolute atomic E-state index is 0.108. The van der Waals surface area contributed by atoms with Crippen LogP contribution in [0.3, 0.4) is 0 Å². The lowest BCUT2D eigenvalue weighted by Crippen LogP contribution is -2.21. The Bertz CT molecular complexity index is 390. The third kappa shape index (κ3) is 5.43. The van der Waals surface area contributed by atoms with Crippen LogP contribution in [0.15, 0.2) is 24.3 Å². The highest BCUT2D eigenvalue weighted by Gasteiger charge is 2.11. The first kappa shape index (κ1) is 15.7. The van der Waals surface area contributed by atoms with Crippen molar-refractivity contribution in [2.45, 2.75) is 52.5 Å². The van der Waals surface area contributed by atoms with Crippen LogP contribution in [-0.4, -0.2) is 12.5 Å². The van der Waals surface area contributed by atoms with E-state index < -0.39 is 0 Å². The first-order valence-electron chi connectivity index (χ1n) is 7.31. The molecule has 3 nitrogen and oxygen atoms in total. The third-order valence-corrected chi connectivity index (χ3v) is 3.16. The van der Waals surface area contributed by atoms with Crippen molar-refractivity contribution in [2.24, 2.45) is 0 Å². The molecular formula is C16H26N2O. The summed E-state index contributed by atoms with van der Waals surface area (Å²) in [4.78, 5) is 11.8. The second-order valence-corrected chi connectivity index (χ2v) is 4.91. The van der Waals surface area contributed by atoms with Crippen LogP contribution in [0.5, 0.6) is 0 Å². The maximum absolute atomic E-state index is 11.8. The Balaban J connectivity index is 2.69. The van der Waals surface area contributed by atoms with Crippen LogP contribution in [0.25, 0.3) is 0 Å². The van der Waals surface area contributed by atoms with Crippen LogP contribution in [-0.2, 0) is 4.79 Å². The van der Waals surface area contributed by atoms with Crippen LogP contribution in [0.4, 0.5) is 5.69 Å². The van der Waals surface area contributed by atoms with Gasteiger partial charge in [0.2, 0.25) is 5.91 Å². The van der Waals surface area contributed by atoms with Crippen molar-refractivity contribution in [1.82, 2.24) is 5.32 Å².